The molecule has 0 spiro atoms. The molecule has 0 unspecified atom stereocenters. The van der Waals surface area contributed by atoms with E-state index in [9.17, 15) is 0 Å². The van der Waals surface area contributed by atoms with E-state index in [2.05, 4.69) is 68.1 Å². The third kappa shape index (κ3) is 6.10. The van der Waals surface area contributed by atoms with Gasteiger partial charge < -0.3 is 9.30 Å². The molecule has 0 atom stereocenters. The summed E-state index contributed by atoms with van der Waals surface area (Å²) in [5.74, 6) is 3.28. The fourth-order valence-electron chi connectivity index (χ4n) is 4.59. The van der Waals surface area contributed by atoms with Crippen LogP contribution < -0.4 is 4.74 Å². The lowest BCUT2D eigenvalue weighted by Crippen LogP contribution is -2.33. The fourth-order valence-corrected chi connectivity index (χ4v) is 5.47. The van der Waals surface area contributed by atoms with E-state index in [4.69, 9.17) is 9.84 Å². The van der Waals surface area contributed by atoms with Crippen LogP contribution in [0.15, 0.2) is 84.3 Å². The Morgan fingerprint density at radius 3 is 2.31 bits per heavy atom. The second kappa shape index (κ2) is 11.5. The van der Waals surface area contributed by atoms with Crippen LogP contribution in [0.3, 0.4) is 0 Å². The Kier molecular flexibility index (Phi) is 7.75. The molecule has 0 bridgehead atoms. The zero-order valence-electron chi connectivity index (χ0n) is 20.1. The Labute approximate surface area is 211 Å². The van der Waals surface area contributed by atoms with Gasteiger partial charge in [0.1, 0.15) is 11.6 Å². The molecule has 6 nitrogen and oxygen atoms in total. The first-order valence-corrected chi connectivity index (χ1v) is 13.1. The van der Waals surface area contributed by atoms with E-state index in [0.717, 1.165) is 61.5 Å². The number of rotatable bonds is 9. The van der Waals surface area contributed by atoms with Crippen molar-refractivity contribution in [2.75, 3.05) is 20.2 Å². The van der Waals surface area contributed by atoms with E-state index in [1.807, 2.05) is 30.6 Å². The van der Waals surface area contributed by atoms with E-state index < -0.39 is 0 Å². The van der Waals surface area contributed by atoms with Crippen molar-refractivity contribution in [1.82, 2.24) is 24.6 Å². The molecule has 4 aromatic rings. The van der Waals surface area contributed by atoms with Gasteiger partial charge in [-0.3, -0.25) is 9.88 Å². The minimum Gasteiger partial charge on any atom is -0.497 e. The Bertz CT molecular complexity index is 1190. The van der Waals surface area contributed by atoms with Crippen LogP contribution in [0.2, 0.25) is 0 Å². The Morgan fingerprint density at radius 1 is 0.857 bits per heavy atom. The molecule has 5 rings (SSSR count). The molecular weight excluding hydrogens is 454 g/mol. The molecule has 0 radical (unpaired) electrons. The van der Waals surface area contributed by atoms with Gasteiger partial charge in [0.05, 0.1) is 13.7 Å². The summed E-state index contributed by atoms with van der Waals surface area (Å²) in [4.78, 5) is 6.78. The van der Waals surface area contributed by atoms with Crippen LogP contribution in [0.1, 0.15) is 41.3 Å². The van der Waals surface area contributed by atoms with Crippen LogP contribution in [0.25, 0.3) is 0 Å². The van der Waals surface area contributed by atoms with Gasteiger partial charge in [-0.1, -0.05) is 60.3 Å². The van der Waals surface area contributed by atoms with Crippen molar-refractivity contribution in [3.05, 3.63) is 102 Å². The van der Waals surface area contributed by atoms with E-state index in [-0.39, 0.29) is 0 Å². The lowest BCUT2D eigenvalue weighted by atomic mass is 9.95. The number of thioether (sulfide) groups is 1. The number of likely N-dealkylation sites (tertiary alicyclic amines) is 1. The van der Waals surface area contributed by atoms with Crippen LogP contribution in [-0.2, 0) is 18.8 Å². The quantitative estimate of drug-likeness (QED) is 0.296. The van der Waals surface area contributed by atoms with Crippen molar-refractivity contribution in [2.45, 2.75) is 42.8 Å². The summed E-state index contributed by atoms with van der Waals surface area (Å²) < 4.78 is 7.62. The SMILES string of the molecule is COc1ccc(CN2CCC(c3nnc(SCc4cccnc4)n3Cc3ccccc3)CC2)cc1. The predicted octanol–water partition coefficient (Wildman–Crippen LogP) is 5.40. The number of pyridine rings is 1. The average Bonchev–Trinajstić information content (AvgIpc) is 3.31. The molecule has 3 heterocycles. The average molecular weight is 486 g/mol. The minimum atomic E-state index is 0.422. The highest BCUT2D eigenvalue weighted by molar-refractivity contribution is 7.98. The van der Waals surface area contributed by atoms with Crippen molar-refractivity contribution in [3.8, 4) is 5.75 Å². The third-order valence-corrected chi connectivity index (χ3v) is 7.58. The van der Waals surface area contributed by atoms with Gasteiger partial charge in [-0.25, -0.2) is 0 Å². The number of piperidine rings is 1. The first kappa shape index (κ1) is 23.6. The molecule has 2 aromatic carbocycles. The third-order valence-electron chi connectivity index (χ3n) is 6.54. The summed E-state index contributed by atoms with van der Waals surface area (Å²) in [6.45, 7) is 3.89. The number of aromatic nitrogens is 4. The highest BCUT2D eigenvalue weighted by Crippen LogP contribution is 2.31. The van der Waals surface area contributed by atoms with Crippen molar-refractivity contribution in [3.63, 3.8) is 0 Å². The smallest absolute Gasteiger partial charge is 0.191 e. The molecule has 1 fully saturated rings. The van der Waals surface area contributed by atoms with Gasteiger partial charge >= 0.3 is 0 Å². The lowest BCUT2D eigenvalue weighted by Gasteiger charge is -2.31. The molecule has 0 amide bonds. The highest BCUT2D eigenvalue weighted by atomic mass is 32.2. The molecule has 2 aromatic heterocycles. The second-order valence-electron chi connectivity index (χ2n) is 8.96. The van der Waals surface area contributed by atoms with Gasteiger partial charge in [0.25, 0.3) is 0 Å². The maximum Gasteiger partial charge on any atom is 0.191 e. The Morgan fingerprint density at radius 2 is 1.60 bits per heavy atom. The van der Waals surface area contributed by atoms with Gasteiger partial charge in [0.2, 0.25) is 0 Å². The molecule has 0 saturated carbocycles. The van der Waals surface area contributed by atoms with Crippen LogP contribution in [0.5, 0.6) is 5.75 Å². The van der Waals surface area contributed by atoms with Gasteiger partial charge in [-0.05, 0) is 60.8 Å². The molecule has 180 valence electrons. The van der Waals surface area contributed by atoms with Crippen molar-refractivity contribution >= 4 is 11.8 Å². The minimum absolute atomic E-state index is 0.422. The second-order valence-corrected chi connectivity index (χ2v) is 9.90. The van der Waals surface area contributed by atoms with Crippen molar-refractivity contribution in [2.24, 2.45) is 0 Å². The van der Waals surface area contributed by atoms with E-state index >= 15 is 0 Å². The van der Waals surface area contributed by atoms with Crippen LogP contribution in [0.4, 0.5) is 0 Å². The maximum atomic E-state index is 5.29. The topological polar surface area (TPSA) is 56.1 Å². The number of hydrogen-bond acceptors (Lipinski definition) is 6. The van der Waals surface area contributed by atoms with Crippen LogP contribution >= 0.6 is 11.8 Å². The van der Waals surface area contributed by atoms with Gasteiger partial charge in [-0.2, -0.15) is 0 Å². The summed E-state index contributed by atoms with van der Waals surface area (Å²) in [5.41, 5.74) is 3.79. The number of benzene rings is 2. The van der Waals surface area contributed by atoms with Crippen LogP contribution in [-0.4, -0.2) is 44.8 Å². The molecule has 35 heavy (non-hydrogen) atoms. The highest BCUT2D eigenvalue weighted by Gasteiger charge is 2.26. The number of ether oxygens (including phenoxy) is 1. The molecular formula is C28H31N5OS. The Balaban J connectivity index is 1.28. The van der Waals surface area contributed by atoms with Crippen molar-refractivity contribution in [1.29, 1.82) is 0 Å². The summed E-state index contributed by atoms with van der Waals surface area (Å²) in [6, 6.07) is 23.1. The lowest BCUT2D eigenvalue weighted by molar-refractivity contribution is 0.200. The molecule has 1 saturated heterocycles. The van der Waals surface area contributed by atoms with E-state index in [0.29, 0.717) is 5.92 Å². The molecule has 7 heteroatoms. The van der Waals surface area contributed by atoms with Gasteiger partial charge in [-0.15, -0.1) is 10.2 Å². The summed E-state index contributed by atoms with van der Waals surface area (Å²) >= 11 is 1.74. The van der Waals surface area contributed by atoms with Crippen molar-refractivity contribution < 1.29 is 4.74 Å². The molecule has 1 aliphatic rings. The Hall–Kier alpha value is -3.16. The maximum absolute atomic E-state index is 5.29. The normalized spacial score (nSPS) is 14.8. The largest absolute Gasteiger partial charge is 0.497 e. The zero-order chi connectivity index (χ0) is 23.9. The van der Waals surface area contributed by atoms with E-state index in [1.54, 1.807) is 18.9 Å². The number of nitrogens with zero attached hydrogens (tertiary/aromatic N) is 5. The first-order chi connectivity index (χ1) is 17.3. The van der Waals surface area contributed by atoms with Crippen LogP contribution in [0, 0.1) is 0 Å². The summed E-state index contributed by atoms with van der Waals surface area (Å²) in [6.07, 6.45) is 5.92. The van der Waals surface area contributed by atoms with Gasteiger partial charge in [0, 0.05) is 30.6 Å². The first-order valence-electron chi connectivity index (χ1n) is 12.1. The number of hydrogen-bond donors (Lipinski definition) is 0. The predicted molar refractivity (Wildman–Crippen MR) is 140 cm³/mol. The number of methoxy groups -OCH3 is 1. The monoisotopic (exact) mass is 485 g/mol. The molecule has 0 aliphatic carbocycles. The summed E-state index contributed by atoms with van der Waals surface area (Å²) in [7, 11) is 1.71. The molecule has 0 N–H and O–H groups in total. The summed E-state index contributed by atoms with van der Waals surface area (Å²) in [5, 5.41) is 10.3. The molecule has 1 aliphatic heterocycles. The standard InChI is InChI=1S/C28H31N5OS/c1-34-26-11-9-23(10-12-26)19-32-16-13-25(14-17-32)27-30-31-28(35-21-24-8-5-15-29-18-24)33(27)20-22-6-3-2-4-7-22/h2-12,15,18,25H,13-14,16-17,19-21H2,1H3. The zero-order valence-corrected chi connectivity index (χ0v) is 20.9. The van der Waals surface area contributed by atoms with E-state index in [1.165, 1.54) is 16.7 Å². The fraction of sp³-hybridized carbons (Fsp3) is 0.321. The van der Waals surface area contributed by atoms with Gasteiger partial charge in [0.15, 0.2) is 5.16 Å².